The second kappa shape index (κ2) is 9.49. The average molecular weight is 471 g/mol. The minimum Gasteiger partial charge on any atom is -0.480 e. The molecule has 0 N–H and O–H groups in total. The number of hydrogen-bond acceptors (Lipinski definition) is 8. The Morgan fingerprint density at radius 2 is 1.74 bits per heavy atom. The molecule has 4 aromatic heterocycles. The van der Waals surface area contributed by atoms with Gasteiger partial charge in [0.2, 0.25) is 11.8 Å². The van der Waals surface area contributed by atoms with E-state index in [2.05, 4.69) is 67.0 Å². The van der Waals surface area contributed by atoms with Gasteiger partial charge in [0.1, 0.15) is 17.7 Å². The molecule has 5 aromatic rings. The average Bonchev–Trinajstić information content (AvgIpc) is 3.47. The second-order valence-electron chi connectivity index (χ2n) is 7.96. The van der Waals surface area contributed by atoms with Gasteiger partial charge in [-0.3, -0.25) is 0 Å². The van der Waals surface area contributed by atoms with Crippen LogP contribution in [0.25, 0.3) is 33.8 Å². The van der Waals surface area contributed by atoms with Gasteiger partial charge in [0.25, 0.3) is 0 Å². The Hall–Kier alpha value is -4.34. The number of imidazole rings is 1. The minimum absolute atomic E-state index is 0.352. The lowest BCUT2D eigenvalue weighted by atomic mass is 10.1. The zero-order valence-electron chi connectivity index (χ0n) is 20.1. The molecule has 0 saturated carbocycles. The standard InChI is InChI=1S/C25H26N8O2/c1-5-32-13-16(3)30-22(32)18-9-7-17(8-10-18)14-33-23-19(12-29-33)11-26-21(31-23)20-24(34-4)27-15-28-25(20)35-6-2/h7-13,15H,5-6,14H2,1-4H3. The SMILES string of the molecule is CCOc1ncnc(OC)c1-c1ncc2cnn(Cc3ccc(-c4nc(C)cn4CC)cc3)c2n1. The summed E-state index contributed by atoms with van der Waals surface area (Å²) >= 11 is 0. The first-order valence-electron chi connectivity index (χ1n) is 11.4. The molecule has 35 heavy (non-hydrogen) atoms. The van der Waals surface area contributed by atoms with Crippen LogP contribution < -0.4 is 9.47 Å². The van der Waals surface area contributed by atoms with Crippen molar-refractivity contribution in [3.05, 3.63) is 60.4 Å². The highest BCUT2D eigenvalue weighted by Crippen LogP contribution is 2.33. The molecule has 0 bridgehead atoms. The Kier molecular flexibility index (Phi) is 6.09. The fourth-order valence-electron chi connectivity index (χ4n) is 4.00. The summed E-state index contributed by atoms with van der Waals surface area (Å²) in [5.74, 6) is 2.12. The molecule has 0 aliphatic heterocycles. The first kappa shape index (κ1) is 22.5. The molecule has 178 valence electrons. The fraction of sp³-hybridized carbons (Fsp3) is 0.280. The number of aromatic nitrogens is 8. The lowest BCUT2D eigenvalue weighted by Crippen LogP contribution is -2.05. The third-order valence-electron chi connectivity index (χ3n) is 5.63. The molecule has 0 spiro atoms. The van der Waals surface area contributed by atoms with Crippen molar-refractivity contribution < 1.29 is 9.47 Å². The zero-order valence-corrected chi connectivity index (χ0v) is 20.1. The molecule has 0 radical (unpaired) electrons. The maximum Gasteiger partial charge on any atom is 0.231 e. The third kappa shape index (κ3) is 4.30. The van der Waals surface area contributed by atoms with Crippen molar-refractivity contribution in [1.29, 1.82) is 0 Å². The van der Waals surface area contributed by atoms with E-state index in [0.29, 0.717) is 41.9 Å². The Bertz CT molecular complexity index is 1470. The van der Waals surface area contributed by atoms with Crippen LogP contribution >= 0.6 is 0 Å². The monoisotopic (exact) mass is 470 g/mol. The molecule has 0 atom stereocenters. The van der Waals surface area contributed by atoms with Crippen LogP contribution in [0.4, 0.5) is 0 Å². The van der Waals surface area contributed by atoms with Crippen molar-refractivity contribution in [2.45, 2.75) is 33.9 Å². The quantitative estimate of drug-likeness (QED) is 0.336. The molecule has 0 fully saturated rings. The van der Waals surface area contributed by atoms with E-state index in [4.69, 9.17) is 14.5 Å². The lowest BCUT2D eigenvalue weighted by Gasteiger charge is -2.11. The first-order chi connectivity index (χ1) is 17.1. The Balaban J connectivity index is 1.48. The highest BCUT2D eigenvalue weighted by Gasteiger charge is 2.20. The van der Waals surface area contributed by atoms with Gasteiger partial charge in [0.05, 0.1) is 37.5 Å². The lowest BCUT2D eigenvalue weighted by molar-refractivity contribution is 0.322. The van der Waals surface area contributed by atoms with Crippen molar-refractivity contribution >= 4 is 11.0 Å². The molecular weight excluding hydrogens is 444 g/mol. The van der Waals surface area contributed by atoms with E-state index in [1.165, 1.54) is 6.33 Å². The highest BCUT2D eigenvalue weighted by molar-refractivity contribution is 5.78. The van der Waals surface area contributed by atoms with Crippen molar-refractivity contribution in [2.24, 2.45) is 0 Å². The number of fused-ring (bicyclic) bond motifs is 1. The minimum atomic E-state index is 0.352. The summed E-state index contributed by atoms with van der Waals surface area (Å²) < 4.78 is 15.1. The number of methoxy groups -OCH3 is 1. The number of rotatable bonds is 8. The zero-order chi connectivity index (χ0) is 24.4. The maximum atomic E-state index is 5.68. The smallest absolute Gasteiger partial charge is 0.231 e. The van der Waals surface area contributed by atoms with Crippen LogP contribution in [-0.4, -0.2) is 53.0 Å². The number of aryl methyl sites for hydroxylation is 2. The van der Waals surface area contributed by atoms with Crippen LogP contribution in [0.3, 0.4) is 0 Å². The van der Waals surface area contributed by atoms with E-state index in [9.17, 15) is 0 Å². The van der Waals surface area contributed by atoms with Crippen molar-refractivity contribution in [1.82, 2.24) is 39.3 Å². The second-order valence-corrected chi connectivity index (χ2v) is 7.96. The van der Waals surface area contributed by atoms with E-state index in [1.54, 1.807) is 19.5 Å². The van der Waals surface area contributed by atoms with Gasteiger partial charge in [0.15, 0.2) is 11.5 Å². The predicted molar refractivity (Wildman–Crippen MR) is 131 cm³/mol. The van der Waals surface area contributed by atoms with E-state index in [1.807, 2.05) is 18.5 Å². The molecule has 4 heterocycles. The molecule has 0 amide bonds. The van der Waals surface area contributed by atoms with Gasteiger partial charge in [0, 0.05) is 24.5 Å². The first-order valence-corrected chi connectivity index (χ1v) is 11.4. The summed E-state index contributed by atoms with van der Waals surface area (Å²) in [6.07, 6.45) is 6.96. The van der Waals surface area contributed by atoms with Crippen LogP contribution in [0.1, 0.15) is 25.1 Å². The maximum absolute atomic E-state index is 5.68. The molecule has 0 unspecified atom stereocenters. The van der Waals surface area contributed by atoms with Crippen LogP contribution in [0.2, 0.25) is 0 Å². The van der Waals surface area contributed by atoms with Gasteiger partial charge in [-0.2, -0.15) is 5.10 Å². The Labute approximate surface area is 202 Å². The molecule has 0 aliphatic carbocycles. The topological polar surface area (TPSA) is 106 Å². The van der Waals surface area contributed by atoms with Gasteiger partial charge in [-0.15, -0.1) is 0 Å². The van der Waals surface area contributed by atoms with Gasteiger partial charge in [-0.25, -0.2) is 29.6 Å². The largest absolute Gasteiger partial charge is 0.480 e. The van der Waals surface area contributed by atoms with Crippen molar-refractivity contribution in [3.8, 4) is 34.5 Å². The van der Waals surface area contributed by atoms with Gasteiger partial charge in [-0.1, -0.05) is 24.3 Å². The summed E-state index contributed by atoms with van der Waals surface area (Å²) in [4.78, 5) is 22.4. The van der Waals surface area contributed by atoms with E-state index in [-0.39, 0.29) is 0 Å². The normalized spacial score (nSPS) is 11.2. The summed E-state index contributed by atoms with van der Waals surface area (Å²) in [7, 11) is 1.54. The Morgan fingerprint density at radius 3 is 2.49 bits per heavy atom. The van der Waals surface area contributed by atoms with Crippen molar-refractivity contribution in [2.75, 3.05) is 13.7 Å². The third-order valence-corrected chi connectivity index (χ3v) is 5.63. The van der Waals surface area contributed by atoms with E-state index >= 15 is 0 Å². The molecule has 1 aromatic carbocycles. The molecular formula is C25H26N8O2. The molecule has 0 saturated heterocycles. The van der Waals surface area contributed by atoms with Crippen LogP contribution in [0, 0.1) is 6.92 Å². The summed E-state index contributed by atoms with van der Waals surface area (Å²) in [5.41, 5.74) is 4.40. The van der Waals surface area contributed by atoms with Gasteiger partial charge < -0.3 is 14.0 Å². The molecule has 10 nitrogen and oxygen atoms in total. The fourth-order valence-corrected chi connectivity index (χ4v) is 4.00. The van der Waals surface area contributed by atoms with Crippen molar-refractivity contribution in [3.63, 3.8) is 0 Å². The number of hydrogen-bond donors (Lipinski definition) is 0. The number of benzene rings is 1. The van der Waals surface area contributed by atoms with Crippen LogP contribution in [-0.2, 0) is 13.1 Å². The van der Waals surface area contributed by atoms with Crippen LogP contribution in [0.5, 0.6) is 11.8 Å². The number of nitrogens with zero attached hydrogens (tertiary/aromatic N) is 8. The summed E-state index contributed by atoms with van der Waals surface area (Å²) in [6, 6.07) is 8.37. The van der Waals surface area contributed by atoms with Gasteiger partial charge in [-0.05, 0) is 26.3 Å². The molecule has 5 rings (SSSR count). The van der Waals surface area contributed by atoms with Gasteiger partial charge >= 0.3 is 0 Å². The predicted octanol–water partition coefficient (Wildman–Crippen LogP) is 3.93. The number of ether oxygens (including phenoxy) is 2. The summed E-state index contributed by atoms with van der Waals surface area (Å²) in [5, 5.41) is 5.37. The molecule has 10 heteroatoms. The Morgan fingerprint density at radius 1 is 0.943 bits per heavy atom. The summed E-state index contributed by atoms with van der Waals surface area (Å²) in [6.45, 7) is 7.90. The van der Waals surface area contributed by atoms with E-state index < -0.39 is 0 Å². The highest BCUT2D eigenvalue weighted by atomic mass is 16.5. The molecule has 0 aliphatic rings. The van der Waals surface area contributed by atoms with Crippen LogP contribution in [0.15, 0.2) is 49.2 Å². The van der Waals surface area contributed by atoms with E-state index in [0.717, 1.165) is 34.6 Å².